The second kappa shape index (κ2) is 5.95. The van der Waals surface area contributed by atoms with Crippen LogP contribution in [0.3, 0.4) is 0 Å². The monoisotopic (exact) mass is 375 g/mol. The van der Waals surface area contributed by atoms with Crippen molar-refractivity contribution in [1.29, 1.82) is 0 Å². The molecule has 1 aromatic carbocycles. The number of fused-ring (bicyclic) bond motifs is 3. The van der Waals surface area contributed by atoms with Crippen LogP contribution in [0.15, 0.2) is 35.2 Å². The maximum atomic E-state index is 13.0. The average Bonchev–Trinajstić information content (AvgIpc) is 2.96. The van der Waals surface area contributed by atoms with Gasteiger partial charge in [0, 0.05) is 23.5 Å². The predicted molar refractivity (Wildman–Crippen MR) is 99.5 cm³/mol. The molecule has 0 aliphatic carbocycles. The van der Waals surface area contributed by atoms with Crippen LogP contribution in [0.5, 0.6) is 0 Å². The van der Waals surface area contributed by atoms with Crippen molar-refractivity contribution in [3.05, 3.63) is 40.8 Å². The first-order valence-corrected chi connectivity index (χ1v) is 11.1. The summed E-state index contributed by atoms with van der Waals surface area (Å²) in [5, 5.41) is 0. The molecule has 2 aromatic rings. The van der Waals surface area contributed by atoms with Crippen LogP contribution in [0, 0.1) is 11.8 Å². The maximum absolute atomic E-state index is 13.0. The number of piperidine rings is 1. The Bertz CT molecular complexity index is 935. The molecule has 0 bridgehead atoms. The second-order valence-corrected chi connectivity index (χ2v) is 10.4. The van der Waals surface area contributed by atoms with Gasteiger partial charge in [0.2, 0.25) is 0 Å². The molecule has 0 radical (unpaired) electrons. The minimum absolute atomic E-state index is 0.0179. The lowest BCUT2D eigenvalue weighted by atomic mass is 9.92. The SMILES string of the molecule is C[C@@H]1C[C@H](C)CN(C(=O)c2cc3c(s2)-c2ccccc2S(=O)(=O)C3)C1. The van der Waals surface area contributed by atoms with Crippen LogP contribution >= 0.6 is 11.3 Å². The molecule has 25 heavy (non-hydrogen) atoms. The minimum Gasteiger partial charge on any atom is -0.337 e. The molecule has 4 nitrogen and oxygen atoms in total. The summed E-state index contributed by atoms with van der Waals surface area (Å²) >= 11 is 1.43. The smallest absolute Gasteiger partial charge is 0.263 e. The van der Waals surface area contributed by atoms with Crippen molar-refractivity contribution in [3.63, 3.8) is 0 Å². The Balaban J connectivity index is 1.72. The van der Waals surface area contributed by atoms with E-state index in [1.54, 1.807) is 18.2 Å². The van der Waals surface area contributed by atoms with Crippen LogP contribution in [-0.2, 0) is 15.6 Å². The topological polar surface area (TPSA) is 54.5 Å². The molecule has 1 aromatic heterocycles. The molecule has 1 amide bonds. The van der Waals surface area contributed by atoms with E-state index in [1.165, 1.54) is 11.3 Å². The van der Waals surface area contributed by atoms with Gasteiger partial charge in [-0.2, -0.15) is 0 Å². The molecule has 4 rings (SSSR count). The Kier molecular flexibility index (Phi) is 4.00. The van der Waals surface area contributed by atoms with Crippen LogP contribution in [0.2, 0.25) is 0 Å². The molecule has 2 atom stereocenters. The number of thiophene rings is 1. The van der Waals surface area contributed by atoms with Gasteiger partial charge in [0.25, 0.3) is 5.91 Å². The summed E-state index contributed by atoms with van der Waals surface area (Å²) < 4.78 is 25.0. The highest BCUT2D eigenvalue weighted by atomic mass is 32.2. The standard InChI is InChI=1S/C19H21NO3S2/c1-12-7-13(2)10-20(9-12)19(21)16-8-14-11-25(22,23)17-6-4-3-5-15(17)18(14)24-16/h3-6,8,12-13H,7,9-11H2,1-2H3/t12-,13+. The molecule has 6 heteroatoms. The van der Waals surface area contributed by atoms with Crippen molar-refractivity contribution in [3.8, 4) is 10.4 Å². The highest BCUT2D eigenvalue weighted by Gasteiger charge is 2.32. The zero-order chi connectivity index (χ0) is 17.8. The first-order chi connectivity index (χ1) is 11.8. The lowest BCUT2D eigenvalue weighted by molar-refractivity contribution is 0.0628. The fraction of sp³-hybridized carbons (Fsp3) is 0.421. The Morgan fingerprint density at radius 3 is 2.56 bits per heavy atom. The van der Waals surface area contributed by atoms with Gasteiger partial charge < -0.3 is 4.90 Å². The Morgan fingerprint density at radius 2 is 1.84 bits per heavy atom. The molecule has 2 aliphatic heterocycles. The van der Waals surface area contributed by atoms with Crippen LogP contribution in [-0.4, -0.2) is 32.3 Å². The molecule has 2 aliphatic rings. The number of hydrogen-bond donors (Lipinski definition) is 0. The van der Waals surface area contributed by atoms with Crippen LogP contribution < -0.4 is 0 Å². The number of amides is 1. The average molecular weight is 376 g/mol. The number of sulfone groups is 1. The summed E-state index contributed by atoms with van der Waals surface area (Å²) in [6, 6.07) is 8.87. The highest BCUT2D eigenvalue weighted by Crippen LogP contribution is 2.43. The number of rotatable bonds is 1. The van der Waals surface area contributed by atoms with E-state index in [4.69, 9.17) is 0 Å². The second-order valence-electron chi connectivity index (χ2n) is 7.38. The molecule has 0 N–H and O–H groups in total. The Morgan fingerprint density at radius 1 is 1.16 bits per heavy atom. The maximum Gasteiger partial charge on any atom is 0.263 e. The van der Waals surface area contributed by atoms with Gasteiger partial charge in [-0.15, -0.1) is 11.3 Å². The molecular formula is C19H21NO3S2. The first kappa shape index (κ1) is 16.8. The number of hydrogen-bond acceptors (Lipinski definition) is 4. The van der Waals surface area contributed by atoms with E-state index in [0.717, 1.165) is 35.5 Å². The lowest BCUT2D eigenvalue weighted by Crippen LogP contribution is -2.42. The van der Waals surface area contributed by atoms with Gasteiger partial charge >= 0.3 is 0 Å². The number of carbonyl (C=O) groups excluding carboxylic acids is 1. The fourth-order valence-electron chi connectivity index (χ4n) is 4.06. The molecule has 132 valence electrons. The molecule has 0 saturated carbocycles. The summed E-state index contributed by atoms with van der Waals surface area (Å²) in [7, 11) is -3.33. The van der Waals surface area contributed by atoms with E-state index in [2.05, 4.69) is 13.8 Å². The van der Waals surface area contributed by atoms with Gasteiger partial charge in [0.15, 0.2) is 9.84 Å². The van der Waals surface area contributed by atoms with Crippen LogP contribution in [0.1, 0.15) is 35.5 Å². The van der Waals surface area contributed by atoms with Crippen LogP contribution in [0.25, 0.3) is 10.4 Å². The Labute approximate surface area is 152 Å². The third-order valence-corrected chi connectivity index (χ3v) is 7.90. The zero-order valence-electron chi connectivity index (χ0n) is 14.4. The van der Waals surface area contributed by atoms with Crippen molar-refractivity contribution in [2.45, 2.75) is 30.9 Å². The van der Waals surface area contributed by atoms with Gasteiger partial charge in [-0.25, -0.2) is 8.42 Å². The molecule has 0 spiro atoms. The normalized spacial score (nSPS) is 24.5. The van der Waals surface area contributed by atoms with Gasteiger partial charge in [-0.3, -0.25) is 4.79 Å². The van der Waals surface area contributed by atoms with E-state index in [-0.39, 0.29) is 11.7 Å². The van der Waals surface area contributed by atoms with Gasteiger partial charge in [-0.1, -0.05) is 32.0 Å². The number of likely N-dealkylation sites (tertiary alicyclic amines) is 1. The quantitative estimate of drug-likeness (QED) is 0.761. The van der Waals surface area contributed by atoms with Crippen molar-refractivity contribution >= 4 is 27.1 Å². The lowest BCUT2D eigenvalue weighted by Gasteiger charge is -2.34. The van der Waals surface area contributed by atoms with E-state index in [0.29, 0.717) is 21.6 Å². The van der Waals surface area contributed by atoms with E-state index in [1.807, 2.05) is 17.0 Å². The van der Waals surface area contributed by atoms with Crippen molar-refractivity contribution < 1.29 is 13.2 Å². The number of carbonyl (C=O) groups is 1. The molecule has 1 saturated heterocycles. The fourth-order valence-corrected chi connectivity index (χ4v) is 6.99. The predicted octanol–water partition coefficient (Wildman–Crippen LogP) is 3.82. The molecule has 1 fully saturated rings. The third kappa shape index (κ3) is 2.91. The third-order valence-electron chi connectivity index (χ3n) is 4.99. The Hall–Kier alpha value is -1.66. The highest BCUT2D eigenvalue weighted by molar-refractivity contribution is 7.91. The zero-order valence-corrected chi connectivity index (χ0v) is 16.0. The van der Waals surface area contributed by atoms with Gasteiger partial charge in [0.1, 0.15) is 0 Å². The van der Waals surface area contributed by atoms with Gasteiger partial charge in [0.05, 0.1) is 15.5 Å². The van der Waals surface area contributed by atoms with Crippen LogP contribution in [0.4, 0.5) is 0 Å². The molecule has 3 heterocycles. The molecule has 0 unspecified atom stereocenters. The minimum atomic E-state index is -3.33. The number of benzene rings is 1. The van der Waals surface area contributed by atoms with E-state index >= 15 is 0 Å². The van der Waals surface area contributed by atoms with Crippen molar-refractivity contribution in [2.24, 2.45) is 11.8 Å². The van der Waals surface area contributed by atoms with Gasteiger partial charge in [-0.05, 0) is 36.0 Å². The summed E-state index contributed by atoms with van der Waals surface area (Å²) in [4.78, 5) is 16.8. The summed E-state index contributed by atoms with van der Waals surface area (Å²) in [6.45, 7) is 5.91. The number of nitrogens with zero attached hydrogens (tertiary/aromatic N) is 1. The van der Waals surface area contributed by atoms with E-state index in [9.17, 15) is 13.2 Å². The van der Waals surface area contributed by atoms with Crippen molar-refractivity contribution in [1.82, 2.24) is 4.90 Å². The largest absolute Gasteiger partial charge is 0.337 e. The summed E-state index contributed by atoms with van der Waals surface area (Å²) in [6.07, 6.45) is 1.15. The molecular weight excluding hydrogens is 354 g/mol. The van der Waals surface area contributed by atoms with E-state index < -0.39 is 9.84 Å². The summed E-state index contributed by atoms with van der Waals surface area (Å²) in [5.41, 5.74) is 1.48. The first-order valence-electron chi connectivity index (χ1n) is 8.59. The summed E-state index contributed by atoms with van der Waals surface area (Å²) in [5.74, 6) is 1.02. The van der Waals surface area contributed by atoms with Crippen molar-refractivity contribution in [2.75, 3.05) is 13.1 Å².